The highest BCUT2D eigenvalue weighted by Crippen LogP contribution is 2.55. The highest BCUT2D eigenvalue weighted by molar-refractivity contribution is 6.07. The second-order valence-corrected chi connectivity index (χ2v) is 5.02. The van der Waals surface area contributed by atoms with Gasteiger partial charge in [0.05, 0.1) is 0 Å². The topological polar surface area (TPSA) is 99.5 Å². The van der Waals surface area contributed by atoms with Crippen LogP contribution in [0.2, 0.25) is 0 Å². The maximum absolute atomic E-state index is 12.3. The summed E-state index contributed by atoms with van der Waals surface area (Å²) in [5.74, 6) is -2.05. The molecule has 6 nitrogen and oxygen atoms in total. The van der Waals surface area contributed by atoms with E-state index in [9.17, 15) is 20.1 Å². The molecule has 2 atom stereocenters. The van der Waals surface area contributed by atoms with Gasteiger partial charge in [0, 0.05) is 17.7 Å². The molecule has 0 spiro atoms. The average Bonchev–Trinajstić information content (AvgIpc) is 3.14. The molecule has 1 saturated heterocycles. The molecule has 0 radical (unpaired) electrons. The number of epoxide rings is 1. The van der Waals surface area contributed by atoms with Crippen LogP contribution < -0.4 is 4.74 Å². The zero-order valence-corrected chi connectivity index (χ0v) is 10.6. The Balaban J connectivity index is 1.83. The first-order valence-corrected chi connectivity index (χ1v) is 6.28. The lowest BCUT2D eigenvalue weighted by Crippen LogP contribution is -2.30. The summed E-state index contributed by atoms with van der Waals surface area (Å²) < 4.78 is 11.1. The molecule has 2 aromatic carbocycles. The van der Waals surface area contributed by atoms with E-state index >= 15 is 0 Å². The molecule has 0 aromatic heterocycles. The maximum Gasteiger partial charge on any atom is 0.272 e. The molecule has 0 saturated carbocycles. The summed E-state index contributed by atoms with van der Waals surface area (Å²) in [5.41, 5.74) is 0.580. The van der Waals surface area contributed by atoms with Crippen LogP contribution in [0.25, 0.3) is 0 Å². The van der Waals surface area contributed by atoms with Crippen molar-refractivity contribution in [3.63, 3.8) is 0 Å². The summed E-state index contributed by atoms with van der Waals surface area (Å²) >= 11 is 0. The van der Waals surface area contributed by atoms with E-state index in [0.717, 1.165) is 6.07 Å². The minimum atomic E-state index is -1.25. The van der Waals surface area contributed by atoms with Crippen LogP contribution in [-0.4, -0.2) is 27.2 Å². The first-order chi connectivity index (χ1) is 10.0. The Morgan fingerprint density at radius 3 is 2.43 bits per heavy atom. The second-order valence-electron chi connectivity index (χ2n) is 5.02. The lowest BCUT2D eigenvalue weighted by molar-refractivity contribution is 0.0565. The van der Waals surface area contributed by atoms with Gasteiger partial charge < -0.3 is 24.8 Å². The minimum absolute atomic E-state index is 0.00435. The Bertz CT molecular complexity index is 766. The molecule has 2 aromatic rings. The van der Waals surface area contributed by atoms with Crippen LogP contribution in [0.3, 0.4) is 0 Å². The number of hydrogen-bond acceptors (Lipinski definition) is 6. The standard InChI is InChI=1S/C15H10O6/c16-8-3-1-7(2-4-8)15-14(21-15)13(19)12-10(18)5-9(17)6-11(12)20-15/h1-6,14,16-18H. The molecule has 21 heavy (non-hydrogen) atoms. The van der Waals surface area contributed by atoms with E-state index < -0.39 is 17.7 Å². The third-order valence-electron chi connectivity index (χ3n) is 3.66. The molecule has 0 amide bonds. The fourth-order valence-electron chi connectivity index (χ4n) is 2.63. The molecule has 106 valence electrons. The van der Waals surface area contributed by atoms with E-state index in [0.29, 0.717) is 5.56 Å². The van der Waals surface area contributed by atoms with Gasteiger partial charge in [-0.3, -0.25) is 4.79 Å². The molecule has 3 N–H and O–H groups in total. The van der Waals surface area contributed by atoms with Gasteiger partial charge in [-0.15, -0.1) is 0 Å². The number of rotatable bonds is 1. The molecule has 0 bridgehead atoms. The summed E-state index contributed by atoms with van der Waals surface area (Å²) in [6.07, 6.45) is -0.843. The summed E-state index contributed by atoms with van der Waals surface area (Å²) in [4.78, 5) is 12.3. The molecule has 1 fully saturated rings. The largest absolute Gasteiger partial charge is 0.508 e. The number of Topliss-reactive ketones (excluding diaryl/α,β-unsaturated/α-hetero) is 1. The molecule has 2 aliphatic rings. The lowest BCUT2D eigenvalue weighted by atomic mass is 9.95. The molecule has 2 aliphatic heterocycles. The van der Waals surface area contributed by atoms with Crippen molar-refractivity contribution in [3.8, 4) is 23.0 Å². The van der Waals surface area contributed by atoms with Crippen LogP contribution in [-0.2, 0) is 10.5 Å². The number of fused-ring (bicyclic) bond motifs is 2. The monoisotopic (exact) mass is 286 g/mol. The van der Waals surface area contributed by atoms with Crippen LogP contribution in [0, 0.1) is 0 Å². The number of carbonyl (C=O) groups is 1. The number of ether oxygens (including phenoxy) is 2. The van der Waals surface area contributed by atoms with Crippen molar-refractivity contribution >= 4 is 5.78 Å². The highest BCUT2D eigenvalue weighted by Gasteiger charge is 2.68. The van der Waals surface area contributed by atoms with Crippen LogP contribution >= 0.6 is 0 Å². The number of ketones is 1. The van der Waals surface area contributed by atoms with Crippen molar-refractivity contribution in [2.45, 2.75) is 11.9 Å². The quantitative estimate of drug-likeness (QED) is 0.689. The third-order valence-corrected chi connectivity index (χ3v) is 3.66. The predicted molar refractivity (Wildman–Crippen MR) is 69.4 cm³/mol. The SMILES string of the molecule is O=C1c2c(O)cc(O)cc2OC2(c3ccc(O)cc3)OC12. The molecule has 2 unspecified atom stereocenters. The Morgan fingerprint density at radius 1 is 1.00 bits per heavy atom. The summed E-state index contributed by atoms with van der Waals surface area (Å²) in [6.45, 7) is 0. The number of phenols is 3. The lowest BCUT2D eigenvalue weighted by Gasteiger charge is -2.22. The molecule has 2 heterocycles. The zero-order valence-electron chi connectivity index (χ0n) is 10.6. The summed E-state index contributed by atoms with van der Waals surface area (Å²) in [7, 11) is 0. The van der Waals surface area contributed by atoms with Gasteiger partial charge in [-0.2, -0.15) is 0 Å². The Morgan fingerprint density at radius 2 is 1.71 bits per heavy atom. The average molecular weight is 286 g/mol. The maximum atomic E-state index is 12.3. The molecular weight excluding hydrogens is 276 g/mol. The first kappa shape index (κ1) is 12.0. The van der Waals surface area contributed by atoms with E-state index in [1.165, 1.54) is 18.2 Å². The van der Waals surface area contributed by atoms with Crippen molar-refractivity contribution in [1.82, 2.24) is 0 Å². The molecule has 6 heteroatoms. The van der Waals surface area contributed by atoms with E-state index in [1.807, 2.05) is 0 Å². The molecular formula is C15H10O6. The molecule has 0 aliphatic carbocycles. The van der Waals surface area contributed by atoms with Gasteiger partial charge in [-0.1, -0.05) is 0 Å². The van der Waals surface area contributed by atoms with Crippen LogP contribution in [0.1, 0.15) is 15.9 Å². The van der Waals surface area contributed by atoms with Crippen LogP contribution in [0.4, 0.5) is 0 Å². The Hall–Kier alpha value is -2.73. The number of hydrogen-bond donors (Lipinski definition) is 3. The number of aromatic hydroxyl groups is 3. The predicted octanol–water partition coefficient (Wildman–Crippen LogP) is 1.63. The van der Waals surface area contributed by atoms with Gasteiger partial charge in [0.2, 0.25) is 5.78 Å². The zero-order chi connectivity index (χ0) is 14.8. The Labute approximate surface area is 118 Å². The van der Waals surface area contributed by atoms with Crippen LogP contribution in [0.5, 0.6) is 23.0 Å². The van der Waals surface area contributed by atoms with Gasteiger partial charge in [-0.05, 0) is 24.3 Å². The Kier molecular flexibility index (Phi) is 2.11. The third kappa shape index (κ3) is 1.53. The van der Waals surface area contributed by atoms with Crippen molar-refractivity contribution in [2.75, 3.05) is 0 Å². The minimum Gasteiger partial charge on any atom is -0.508 e. The van der Waals surface area contributed by atoms with Gasteiger partial charge in [0.25, 0.3) is 5.79 Å². The van der Waals surface area contributed by atoms with E-state index in [1.54, 1.807) is 12.1 Å². The smallest absolute Gasteiger partial charge is 0.272 e. The highest BCUT2D eigenvalue weighted by atomic mass is 16.8. The summed E-state index contributed by atoms with van der Waals surface area (Å²) in [6, 6.07) is 8.45. The van der Waals surface area contributed by atoms with Crippen molar-refractivity contribution in [3.05, 3.63) is 47.5 Å². The van der Waals surface area contributed by atoms with Gasteiger partial charge >= 0.3 is 0 Å². The molecule has 4 rings (SSSR count). The van der Waals surface area contributed by atoms with Crippen molar-refractivity contribution in [1.29, 1.82) is 0 Å². The number of phenolic OH excluding ortho intramolecular Hbond substituents is 3. The van der Waals surface area contributed by atoms with Crippen LogP contribution in [0.15, 0.2) is 36.4 Å². The second kappa shape index (κ2) is 3.67. The first-order valence-electron chi connectivity index (χ1n) is 6.28. The van der Waals surface area contributed by atoms with Gasteiger partial charge in [0.1, 0.15) is 28.6 Å². The van der Waals surface area contributed by atoms with Gasteiger partial charge in [0.15, 0.2) is 6.10 Å². The van der Waals surface area contributed by atoms with E-state index in [2.05, 4.69) is 0 Å². The van der Waals surface area contributed by atoms with Crippen molar-refractivity contribution in [2.24, 2.45) is 0 Å². The van der Waals surface area contributed by atoms with E-state index in [4.69, 9.17) is 9.47 Å². The fourth-order valence-corrected chi connectivity index (χ4v) is 2.63. The fraction of sp³-hybridized carbons (Fsp3) is 0.133. The summed E-state index contributed by atoms with van der Waals surface area (Å²) in [5, 5.41) is 28.6. The van der Waals surface area contributed by atoms with Gasteiger partial charge in [-0.25, -0.2) is 0 Å². The normalized spacial score (nSPS) is 25.7. The van der Waals surface area contributed by atoms with E-state index in [-0.39, 0.29) is 28.6 Å². The number of carbonyl (C=O) groups excluding carboxylic acids is 1. The number of benzene rings is 2. The van der Waals surface area contributed by atoms with Crippen molar-refractivity contribution < 1.29 is 29.6 Å².